The normalized spacial score (nSPS) is 10.8. The topological polar surface area (TPSA) is 75.1 Å². The van der Waals surface area contributed by atoms with Gasteiger partial charge in [0.1, 0.15) is 12.3 Å². The third kappa shape index (κ3) is 2.65. The molecule has 0 amide bonds. The van der Waals surface area contributed by atoms with Crippen molar-refractivity contribution in [1.82, 2.24) is 14.3 Å². The van der Waals surface area contributed by atoms with E-state index in [2.05, 4.69) is 5.10 Å². The summed E-state index contributed by atoms with van der Waals surface area (Å²) in [4.78, 5) is 12.0. The molecule has 0 aliphatic carbocycles. The summed E-state index contributed by atoms with van der Waals surface area (Å²) in [6.45, 7) is 2.04. The molecule has 2 aromatic heterocycles. The minimum absolute atomic E-state index is 0.0756. The number of ether oxygens (including phenoxy) is 1. The first kappa shape index (κ1) is 14.5. The average molecular weight is 297 g/mol. The van der Waals surface area contributed by atoms with Crippen LogP contribution in [-0.4, -0.2) is 20.3 Å². The summed E-state index contributed by atoms with van der Waals surface area (Å²) in [6.07, 6.45) is 2.39. The number of nitrogens with two attached hydrogens (primary N) is 1. The van der Waals surface area contributed by atoms with Crippen LogP contribution in [0.3, 0.4) is 0 Å². The number of carbonyl (C=O) groups excluding carboxylic acids is 1. The van der Waals surface area contributed by atoms with E-state index >= 15 is 0 Å². The van der Waals surface area contributed by atoms with E-state index in [1.807, 2.05) is 6.92 Å². The van der Waals surface area contributed by atoms with Gasteiger partial charge >= 0.3 is 5.97 Å². The molecule has 2 rings (SSSR count). The van der Waals surface area contributed by atoms with Crippen LogP contribution >= 0.6 is 11.6 Å². The van der Waals surface area contributed by atoms with E-state index in [0.717, 1.165) is 12.1 Å². The minimum Gasteiger partial charge on any atom is -0.454 e. The van der Waals surface area contributed by atoms with E-state index < -0.39 is 5.97 Å². The van der Waals surface area contributed by atoms with E-state index in [4.69, 9.17) is 22.1 Å². The van der Waals surface area contributed by atoms with Gasteiger partial charge in [0.2, 0.25) is 0 Å². The number of carbonyl (C=O) groups is 1. The standard InChI is InChI=1S/C13H17ClN4O2/c1-4-9-12(14)11(18(3)16-9)7-20-13(19)10-5-8(15)6-17(10)2/h5-6H,4,7,15H2,1-3H3. The number of esters is 1. The summed E-state index contributed by atoms with van der Waals surface area (Å²) in [5.41, 5.74) is 8.02. The second-order valence-corrected chi connectivity index (χ2v) is 4.91. The zero-order chi connectivity index (χ0) is 14.9. The first-order chi connectivity index (χ1) is 9.43. The van der Waals surface area contributed by atoms with E-state index in [0.29, 0.717) is 22.1 Å². The van der Waals surface area contributed by atoms with Crippen molar-refractivity contribution in [2.45, 2.75) is 20.0 Å². The van der Waals surface area contributed by atoms with Crippen LogP contribution in [0.25, 0.3) is 0 Å². The van der Waals surface area contributed by atoms with Gasteiger partial charge in [0, 0.05) is 20.3 Å². The van der Waals surface area contributed by atoms with E-state index in [-0.39, 0.29) is 6.61 Å². The van der Waals surface area contributed by atoms with Crippen molar-refractivity contribution < 1.29 is 9.53 Å². The van der Waals surface area contributed by atoms with Crippen molar-refractivity contribution in [3.8, 4) is 0 Å². The highest BCUT2D eigenvalue weighted by Crippen LogP contribution is 2.22. The largest absolute Gasteiger partial charge is 0.454 e. The quantitative estimate of drug-likeness (QED) is 0.875. The van der Waals surface area contributed by atoms with Crippen molar-refractivity contribution in [2.24, 2.45) is 14.1 Å². The summed E-state index contributed by atoms with van der Waals surface area (Å²) in [5, 5.41) is 4.82. The molecule has 20 heavy (non-hydrogen) atoms. The summed E-state index contributed by atoms with van der Waals surface area (Å²) in [7, 11) is 3.51. The van der Waals surface area contributed by atoms with Crippen LogP contribution in [0.4, 0.5) is 5.69 Å². The molecular formula is C13H17ClN4O2. The predicted molar refractivity (Wildman–Crippen MR) is 76.5 cm³/mol. The molecule has 0 radical (unpaired) electrons. The van der Waals surface area contributed by atoms with Crippen LogP contribution < -0.4 is 5.73 Å². The highest BCUT2D eigenvalue weighted by atomic mass is 35.5. The molecular weight excluding hydrogens is 280 g/mol. The molecule has 0 bridgehead atoms. The number of hydrogen-bond donors (Lipinski definition) is 1. The summed E-state index contributed by atoms with van der Waals surface area (Å²) < 4.78 is 8.52. The van der Waals surface area contributed by atoms with Gasteiger partial charge in [0.25, 0.3) is 0 Å². The van der Waals surface area contributed by atoms with Crippen molar-refractivity contribution >= 4 is 23.3 Å². The van der Waals surface area contributed by atoms with Gasteiger partial charge in [-0.1, -0.05) is 18.5 Å². The van der Waals surface area contributed by atoms with Gasteiger partial charge in [0.05, 0.1) is 22.1 Å². The fourth-order valence-electron chi connectivity index (χ4n) is 1.98. The third-order valence-electron chi connectivity index (χ3n) is 3.08. The minimum atomic E-state index is -0.445. The van der Waals surface area contributed by atoms with Gasteiger partial charge < -0.3 is 15.0 Å². The van der Waals surface area contributed by atoms with Gasteiger partial charge in [-0.3, -0.25) is 4.68 Å². The molecule has 0 saturated heterocycles. The molecule has 2 aromatic rings. The van der Waals surface area contributed by atoms with Crippen molar-refractivity contribution in [3.05, 3.63) is 34.4 Å². The zero-order valence-corrected chi connectivity index (χ0v) is 12.4. The lowest BCUT2D eigenvalue weighted by molar-refractivity contribution is 0.0452. The Morgan fingerprint density at radius 1 is 1.50 bits per heavy atom. The average Bonchev–Trinajstić information content (AvgIpc) is 2.87. The van der Waals surface area contributed by atoms with Gasteiger partial charge in [-0.2, -0.15) is 5.10 Å². The maximum atomic E-state index is 12.0. The molecule has 0 aromatic carbocycles. The molecule has 0 spiro atoms. The highest BCUT2D eigenvalue weighted by Gasteiger charge is 2.17. The van der Waals surface area contributed by atoms with Crippen LogP contribution in [0.15, 0.2) is 12.3 Å². The number of halogens is 1. The molecule has 2 heterocycles. The highest BCUT2D eigenvalue weighted by molar-refractivity contribution is 6.31. The molecule has 108 valence electrons. The number of hydrogen-bond acceptors (Lipinski definition) is 4. The first-order valence-corrected chi connectivity index (χ1v) is 6.61. The summed E-state index contributed by atoms with van der Waals surface area (Å²) in [5.74, 6) is -0.445. The fraction of sp³-hybridized carbons (Fsp3) is 0.385. The zero-order valence-electron chi connectivity index (χ0n) is 11.7. The van der Waals surface area contributed by atoms with Crippen LogP contribution in [0.1, 0.15) is 28.8 Å². The Hall–Kier alpha value is -1.95. The number of nitrogen functional groups attached to an aromatic ring is 1. The van der Waals surface area contributed by atoms with E-state index in [9.17, 15) is 4.79 Å². The van der Waals surface area contributed by atoms with Gasteiger partial charge in [-0.15, -0.1) is 0 Å². The molecule has 0 saturated carbocycles. The Morgan fingerprint density at radius 2 is 2.20 bits per heavy atom. The Bertz CT molecular complexity index is 645. The molecule has 6 nitrogen and oxygen atoms in total. The molecule has 0 atom stereocenters. The van der Waals surface area contributed by atoms with Crippen molar-refractivity contribution in [2.75, 3.05) is 5.73 Å². The van der Waals surface area contributed by atoms with Gasteiger partial charge in [0.15, 0.2) is 0 Å². The maximum Gasteiger partial charge on any atom is 0.355 e. The first-order valence-electron chi connectivity index (χ1n) is 6.23. The smallest absolute Gasteiger partial charge is 0.355 e. The number of nitrogens with zero attached hydrogens (tertiary/aromatic N) is 3. The Balaban J connectivity index is 2.11. The summed E-state index contributed by atoms with van der Waals surface area (Å²) >= 11 is 6.19. The number of aromatic nitrogens is 3. The lowest BCUT2D eigenvalue weighted by Crippen LogP contribution is -2.11. The maximum absolute atomic E-state index is 12.0. The van der Waals surface area contributed by atoms with Crippen LogP contribution in [-0.2, 0) is 31.9 Å². The summed E-state index contributed by atoms with van der Waals surface area (Å²) in [6, 6.07) is 1.57. The fourth-order valence-corrected chi connectivity index (χ4v) is 2.33. The molecule has 2 N–H and O–H groups in total. The van der Waals surface area contributed by atoms with Crippen molar-refractivity contribution in [1.29, 1.82) is 0 Å². The Morgan fingerprint density at radius 3 is 2.70 bits per heavy atom. The van der Waals surface area contributed by atoms with Crippen molar-refractivity contribution in [3.63, 3.8) is 0 Å². The predicted octanol–water partition coefficient (Wildman–Crippen LogP) is 1.91. The Labute approximate surface area is 122 Å². The lowest BCUT2D eigenvalue weighted by atomic mass is 10.3. The number of rotatable bonds is 4. The molecule has 7 heteroatoms. The second-order valence-electron chi connectivity index (χ2n) is 4.53. The van der Waals surface area contributed by atoms with Crippen LogP contribution in [0.5, 0.6) is 0 Å². The van der Waals surface area contributed by atoms with Crippen LogP contribution in [0.2, 0.25) is 5.02 Å². The monoisotopic (exact) mass is 296 g/mol. The number of aryl methyl sites for hydroxylation is 3. The number of anilines is 1. The lowest BCUT2D eigenvalue weighted by Gasteiger charge is -2.06. The van der Waals surface area contributed by atoms with E-state index in [1.165, 1.54) is 0 Å². The SMILES string of the molecule is CCc1nn(C)c(COC(=O)c2cc(N)cn2C)c1Cl. The van der Waals surface area contributed by atoms with Crippen LogP contribution in [0, 0.1) is 0 Å². The molecule has 0 aliphatic rings. The van der Waals surface area contributed by atoms with Gasteiger partial charge in [-0.25, -0.2) is 4.79 Å². The Kier molecular flexibility index (Phi) is 4.04. The second kappa shape index (κ2) is 5.58. The van der Waals surface area contributed by atoms with E-state index in [1.54, 1.807) is 35.6 Å². The molecule has 0 aliphatic heterocycles. The third-order valence-corrected chi connectivity index (χ3v) is 3.51. The molecule has 0 fully saturated rings. The molecule has 0 unspecified atom stereocenters. The van der Waals surface area contributed by atoms with Gasteiger partial charge in [-0.05, 0) is 12.5 Å².